The standard InChI is InChI=1S/C18H15N7O3S/c1-9-4-5-12(7-14(9)25(27)28)13-8-29-18(20-13)22-16(26)15-21-17-19-10(2)6-11(3)24(17)23-15/h4-8H,1-3H3,(H,20,22,26). The van der Waals surface area contributed by atoms with Crippen LogP contribution < -0.4 is 5.32 Å². The number of nitrogens with zero attached hydrogens (tertiary/aromatic N) is 6. The minimum absolute atomic E-state index is 0.0195. The number of hydrogen-bond donors (Lipinski definition) is 1. The van der Waals surface area contributed by atoms with Gasteiger partial charge in [-0.1, -0.05) is 12.1 Å². The van der Waals surface area contributed by atoms with Gasteiger partial charge in [0.05, 0.1) is 10.6 Å². The molecule has 0 saturated carbocycles. The lowest BCUT2D eigenvalue weighted by molar-refractivity contribution is -0.385. The molecule has 0 aliphatic heterocycles. The highest BCUT2D eigenvalue weighted by Crippen LogP contribution is 2.29. The number of aromatic nitrogens is 5. The van der Waals surface area contributed by atoms with Gasteiger partial charge in [-0.2, -0.15) is 4.98 Å². The molecular weight excluding hydrogens is 394 g/mol. The molecule has 0 radical (unpaired) electrons. The van der Waals surface area contributed by atoms with E-state index < -0.39 is 10.8 Å². The summed E-state index contributed by atoms with van der Waals surface area (Å²) in [7, 11) is 0. The number of amides is 1. The number of fused-ring (bicyclic) bond motifs is 1. The molecule has 11 heteroatoms. The number of benzene rings is 1. The van der Waals surface area contributed by atoms with E-state index in [0.717, 1.165) is 11.4 Å². The second kappa shape index (κ2) is 7.02. The van der Waals surface area contributed by atoms with Crippen LogP contribution in [-0.4, -0.2) is 35.4 Å². The predicted octanol–water partition coefficient (Wildman–Crippen LogP) is 3.33. The molecule has 4 aromatic rings. The highest BCUT2D eigenvalue weighted by atomic mass is 32.1. The largest absolute Gasteiger partial charge is 0.297 e. The molecule has 10 nitrogen and oxygen atoms in total. The van der Waals surface area contributed by atoms with E-state index in [1.807, 2.05) is 19.9 Å². The fourth-order valence-electron chi connectivity index (χ4n) is 2.84. The predicted molar refractivity (Wildman–Crippen MR) is 107 cm³/mol. The van der Waals surface area contributed by atoms with Crippen molar-refractivity contribution in [2.24, 2.45) is 0 Å². The van der Waals surface area contributed by atoms with E-state index in [0.29, 0.717) is 27.7 Å². The van der Waals surface area contributed by atoms with E-state index in [-0.39, 0.29) is 11.5 Å². The zero-order chi connectivity index (χ0) is 20.7. The topological polar surface area (TPSA) is 128 Å². The van der Waals surface area contributed by atoms with E-state index in [9.17, 15) is 14.9 Å². The SMILES string of the molecule is Cc1cc(C)n2nc(C(=O)Nc3nc(-c4ccc(C)c([N+](=O)[O-])c4)cs3)nc2n1. The van der Waals surface area contributed by atoms with Crippen molar-refractivity contribution in [2.45, 2.75) is 20.8 Å². The lowest BCUT2D eigenvalue weighted by atomic mass is 10.1. The summed E-state index contributed by atoms with van der Waals surface area (Å²) in [4.78, 5) is 36.0. The average Bonchev–Trinajstić information content (AvgIpc) is 3.29. The molecule has 1 N–H and O–H groups in total. The van der Waals surface area contributed by atoms with Gasteiger partial charge in [0, 0.05) is 34.0 Å². The summed E-state index contributed by atoms with van der Waals surface area (Å²) in [5.74, 6) is -0.184. The van der Waals surface area contributed by atoms with Gasteiger partial charge in [-0.3, -0.25) is 20.2 Å². The van der Waals surface area contributed by atoms with Gasteiger partial charge < -0.3 is 0 Å². The van der Waals surface area contributed by atoms with Crippen LogP contribution in [0.5, 0.6) is 0 Å². The number of carbonyl (C=O) groups excluding carboxylic acids is 1. The molecule has 146 valence electrons. The third-order valence-electron chi connectivity index (χ3n) is 4.25. The van der Waals surface area contributed by atoms with Gasteiger partial charge in [-0.05, 0) is 26.8 Å². The quantitative estimate of drug-likeness (QED) is 0.404. The molecule has 0 aliphatic carbocycles. The van der Waals surface area contributed by atoms with Crippen LogP contribution in [0.15, 0.2) is 29.6 Å². The molecule has 3 aromatic heterocycles. The van der Waals surface area contributed by atoms with Crippen LogP contribution in [-0.2, 0) is 0 Å². The monoisotopic (exact) mass is 409 g/mol. The van der Waals surface area contributed by atoms with E-state index >= 15 is 0 Å². The Hall–Kier alpha value is -3.73. The van der Waals surface area contributed by atoms with Crippen molar-refractivity contribution < 1.29 is 9.72 Å². The fraction of sp³-hybridized carbons (Fsp3) is 0.167. The number of nitro benzene ring substituents is 1. The highest BCUT2D eigenvalue weighted by Gasteiger charge is 2.18. The fourth-order valence-corrected chi connectivity index (χ4v) is 3.56. The Labute approximate surface area is 168 Å². The van der Waals surface area contributed by atoms with Crippen LogP contribution in [0, 0.1) is 30.9 Å². The summed E-state index contributed by atoms with van der Waals surface area (Å²) in [6.07, 6.45) is 0. The van der Waals surface area contributed by atoms with Gasteiger partial charge in [0.15, 0.2) is 5.13 Å². The van der Waals surface area contributed by atoms with Crippen molar-refractivity contribution in [3.05, 3.63) is 62.5 Å². The van der Waals surface area contributed by atoms with E-state index in [1.54, 1.807) is 24.4 Å². The minimum Gasteiger partial charge on any atom is -0.295 e. The number of nitro groups is 1. The van der Waals surface area contributed by atoms with Gasteiger partial charge in [-0.25, -0.2) is 14.5 Å². The molecule has 0 bridgehead atoms. The molecule has 29 heavy (non-hydrogen) atoms. The number of hydrogen-bond acceptors (Lipinski definition) is 8. The first-order chi connectivity index (χ1) is 13.8. The Morgan fingerprint density at radius 2 is 1.97 bits per heavy atom. The van der Waals surface area contributed by atoms with Crippen LogP contribution >= 0.6 is 11.3 Å². The maximum absolute atomic E-state index is 12.5. The summed E-state index contributed by atoms with van der Waals surface area (Å²) in [6, 6.07) is 6.74. The van der Waals surface area contributed by atoms with Crippen LogP contribution in [0.1, 0.15) is 27.6 Å². The Morgan fingerprint density at radius 1 is 1.17 bits per heavy atom. The van der Waals surface area contributed by atoms with Crippen molar-refractivity contribution in [2.75, 3.05) is 5.32 Å². The second-order valence-electron chi connectivity index (χ2n) is 6.44. The van der Waals surface area contributed by atoms with Gasteiger partial charge >= 0.3 is 0 Å². The summed E-state index contributed by atoms with van der Waals surface area (Å²) in [6.45, 7) is 5.37. The first-order valence-electron chi connectivity index (χ1n) is 8.55. The normalized spacial score (nSPS) is 11.0. The first-order valence-corrected chi connectivity index (χ1v) is 9.43. The average molecular weight is 409 g/mol. The van der Waals surface area contributed by atoms with E-state index in [1.165, 1.54) is 21.9 Å². The van der Waals surface area contributed by atoms with Crippen LogP contribution in [0.25, 0.3) is 17.0 Å². The molecular formula is C18H15N7O3S. The molecule has 0 unspecified atom stereocenters. The summed E-state index contributed by atoms with van der Waals surface area (Å²) >= 11 is 1.21. The maximum Gasteiger partial charge on any atom is 0.297 e. The van der Waals surface area contributed by atoms with Gasteiger partial charge in [0.25, 0.3) is 17.4 Å². The van der Waals surface area contributed by atoms with Gasteiger partial charge in [0.1, 0.15) is 0 Å². The van der Waals surface area contributed by atoms with Gasteiger partial charge in [0.2, 0.25) is 5.82 Å². The molecule has 0 saturated heterocycles. The minimum atomic E-state index is -0.511. The Kier molecular flexibility index (Phi) is 4.51. The van der Waals surface area contributed by atoms with Crippen molar-refractivity contribution in [1.82, 2.24) is 24.6 Å². The summed E-state index contributed by atoms with van der Waals surface area (Å²) in [5, 5.41) is 20.0. The maximum atomic E-state index is 12.5. The smallest absolute Gasteiger partial charge is 0.295 e. The molecule has 0 fully saturated rings. The second-order valence-corrected chi connectivity index (χ2v) is 7.29. The van der Waals surface area contributed by atoms with Crippen molar-refractivity contribution in [1.29, 1.82) is 0 Å². The summed E-state index contributed by atoms with van der Waals surface area (Å²) < 4.78 is 1.50. The zero-order valence-corrected chi connectivity index (χ0v) is 16.5. The summed E-state index contributed by atoms with van der Waals surface area (Å²) in [5.41, 5.74) is 3.32. The van der Waals surface area contributed by atoms with E-state index in [2.05, 4.69) is 25.4 Å². The Bertz CT molecular complexity index is 1280. The number of carbonyl (C=O) groups is 1. The number of aryl methyl sites for hydroxylation is 3. The molecule has 3 heterocycles. The lowest BCUT2D eigenvalue weighted by Gasteiger charge is -2.00. The Balaban J connectivity index is 1.58. The molecule has 0 aliphatic rings. The van der Waals surface area contributed by atoms with Crippen molar-refractivity contribution >= 4 is 33.8 Å². The number of rotatable bonds is 4. The number of anilines is 1. The molecule has 0 atom stereocenters. The Morgan fingerprint density at radius 3 is 2.72 bits per heavy atom. The zero-order valence-electron chi connectivity index (χ0n) is 15.7. The number of nitrogens with one attached hydrogen (secondary N) is 1. The molecule has 1 aromatic carbocycles. The van der Waals surface area contributed by atoms with Crippen LogP contribution in [0.2, 0.25) is 0 Å². The van der Waals surface area contributed by atoms with E-state index in [4.69, 9.17) is 0 Å². The third kappa shape index (κ3) is 3.55. The van der Waals surface area contributed by atoms with Crippen molar-refractivity contribution in [3.8, 4) is 11.3 Å². The molecule has 1 amide bonds. The highest BCUT2D eigenvalue weighted by molar-refractivity contribution is 7.14. The first kappa shape index (κ1) is 18.6. The molecule has 4 rings (SSSR count). The molecule has 0 spiro atoms. The van der Waals surface area contributed by atoms with Gasteiger partial charge in [-0.15, -0.1) is 16.4 Å². The van der Waals surface area contributed by atoms with Crippen LogP contribution in [0.4, 0.5) is 10.8 Å². The lowest BCUT2D eigenvalue weighted by Crippen LogP contribution is -2.13. The number of thiazole rings is 1. The third-order valence-corrected chi connectivity index (χ3v) is 5.01. The van der Waals surface area contributed by atoms with Crippen molar-refractivity contribution in [3.63, 3.8) is 0 Å². The van der Waals surface area contributed by atoms with Crippen LogP contribution in [0.3, 0.4) is 0 Å².